The highest BCUT2D eigenvalue weighted by atomic mass is 16.2. The predicted molar refractivity (Wildman–Crippen MR) is 64.5 cm³/mol. The summed E-state index contributed by atoms with van der Waals surface area (Å²) in [5.74, 6) is 0.317. The molecule has 2 heterocycles. The molecule has 0 radical (unpaired) electrons. The molecular weight excluding hydrogens is 218 g/mol. The standard InChI is InChI=1S/C12H21N3O2/c16-11-10-14(9-5-13-11)8-4-12(17)15-6-2-1-3-7-15/h1-10H2,(H,13,16). The van der Waals surface area contributed by atoms with Crippen molar-refractivity contribution in [2.75, 3.05) is 39.3 Å². The number of likely N-dealkylation sites (tertiary alicyclic amines) is 1. The van der Waals surface area contributed by atoms with Crippen molar-refractivity contribution >= 4 is 11.8 Å². The zero-order valence-electron chi connectivity index (χ0n) is 10.3. The Morgan fingerprint density at radius 3 is 2.65 bits per heavy atom. The highest BCUT2D eigenvalue weighted by Crippen LogP contribution is 2.10. The summed E-state index contributed by atoms with van der Waals surface area (Å²) >= 11 is 0. The normalized spacial score (nSPS) is 22.4. The van der Waals surface area contributed by atoms with Gasteiger partial charge in [0.05, 0.1) is 6.54 Å². The molecule has 2 saturated heterocycles. The number of piperazine rings is 1. The van der Waals surface area contributed by atoms with Crippen LogP contribution in [0.15, 0.2) is 0 Å². The summed E-state index contributed by atoms with van der Waals surface area (Å²) in [5.41, 5.74) is 0. The van der Waals surface area contributed by atoms with Crippen LogP contribution in [0, 0.1) is 0 Å². The smallest absolute Gasteiger partial charge is 0.234 e. The first kappa shape index (κ1) is 12.4. The van der Waals surface area contributed by atoms with Crippen LogP contribution in [0.5, 0.6) is 0 Å². The molecule has 0 aliphatic carbocycles. The van der Waals surface area contributed by atoms with Crippen molar-refractivity contribution < 1.29 is 9.59 Å². The van der Waals surface area contributed by atoms with Crippen molar-refractivity contribution in [1.82, 2.24) is 15.1 Å². The molecule has 5 heteroatoms. The fourth-order valence-corrected chi connectivity index (χ4v) is 2.44. The summed E-state index contributed by atoms with van der Waals surface area (Å²) in [4.78, 5) is 27.1. The summed E-state index contributed by atoms with van der Waals surface area (Å²) in [6.07, 6.45) is 4.07. The van der Waals surface area contributed by atoms with Crippen molar-refractivity contribution in [1.29, 1.82) is 0 Å². The van der Waals surface area contributed by atoms with E-state index in [0.29, 0.717) is 26.1 Å². The average molecular weight is 239 g/mol. The molecule has 0 saturated carbocycles. The lowest BCUT2D eigenvalue weighted by molar-refractivity contribution is -0.133. The molecule has 5 nitrogen and oxygen atoms in total. The van der Waals surface area contributed by atoms with Crippen molar-refractivity contribution in [3.8, 4) is 0 Å². The van der Waals surface area contributed by atoms with Crippen LogP contribution in [0.4, 0.5) is 0 Å². The SMILES string of the molecule is O=C1CN(CCC(=O)N2CCCCC2)CCN1. The highest BCUT2D eigenvalue weighted by molar-refractivity contribution is 5.79. The van der Waals surface area contributed by atoms with Gasteiger partial charge in [0.15, 0.2) is 0 Å². The third-order valence-electron chi connectivity index (χ3n) is 3.47. The van der Waals surface area contributed by atoms with Crippen LogP contribution in [0.3, 0.4) is 0 Å². The minimum absolute atomic E-state index is 0.0710. The van der Waals surface area contributed by atoms with Crippen LogP contribution in [0.25, 0.3) is 0 Å². The highest BCUT2D eigenvalue weighted by Gasteiger charge is 2.20. The van der Waals surface area contributed by atoms with Gasteiger partial charge in [-0.3, -0.25) is 14.5 Å². The summed E-state index contributed by atoms with van der Waals surface area (Å²) < 4.78 is 0. The Hall–Kier alpha value is -1.10. The number of amides is 2. The first-order valence-electron chi connectivity index (χ1n) is 6.52. The van der Waals surface area contributed by atoms with E-state index >= 15 is 0 Å². The lowest BCUT2D eigenvalue weighted by Crippen LogP contribution is -2.48. The van der Waals surface area contributed by atoms with Gasteiger partial charge >= 0.3 is 0 Å². The Kier molecular flexibility index (Phi) is 4.36. The minimum Gasteiger partial charge on any atom is -0.354 e. The number of piperidine rings is 1. The van der Waals surface area contributed by atoms with E-state index in [1.54, 1.807) is 0 Å². The zero-order chi connectivity index (χ0) is 12.1. The van der Waals surface area contributed by atoms with E-state index in [1.165, 1.54) is 6.42 Å². The molecule has 2 amide bonds. The van der Waals surface area contributed by atoms with Gasteiger partial charge < -0.3 is 10.2 Å². The molecule has 0 aromatic carbocycles. The number of carbonyl (C=O) groups excluding carboxylic acids is 2. The molecule has 1 N–H and O–H groups in total. The monoisotopic (exact) mass is 239 g/mol. The van der Waals surface area contributed by atoms with Crippen molar-refractivity contribution in [3.63, 3.8) is 0 Å². The molecule has 2 aliphatic heterocycles. The number of carbonyl (C=O) groups is 2. The number of hydrogen-bond donors (Lipinski definition) is 1. The Balaban J connectivity index is 1.69. The molecule has 0 bridgehead atoms. The van der Waals surface area contributed by atoms with Crippen LogP contribution in [0.2, 0.25) is 0 Å². The van der Waals surface area contributed by atoms with E-state index in [4.69, 9.17) is 0 Å². The molecule has 17 heavy (non-hydrogen) atoms. The quantitative estimate of drug-likeness (QED) is 0.743. The van der Waals surface area contributed by atoms with Gasteiger partial charge in [0.25, 0.3) is 0 Å². The Labute approximate surface area is 102 Å². The molecule has 0 unspecified atom stereocenters. The van der Waals surface area contributed by atoms with Crippen LogP contribution in [-0.2, 0) is 9.59 Å². The maximum Gasteiger partial charge on any atom is 0.234 e. The molecule has 0 aromatic rings. The molecule has 96 valence electrons. The first-order chi connectivity index (χ1) is 8.25. The summed E-state index contributed by atoms with van der Waals surface area (Å²) in [7, 11) is 0. The lowest BCUT2D eigenvalue weighted by Gasteiger charge is -2.29. The van der Waals surface area contributed by atoms with Crippen LogP contribution >= 0.6 is 0 Å². The molecule has 0 spiro atoms. The van der Waals surface area contributed by atoms with Crippen molar-refractivity contribution in [3.05, 3.63) is 0 Å². The minimum atomic E-state index is 0.0710. The van der Waals surface area contributed by atoms with Crippen LogP contribution < -0.4 is 5.32 Å². The molecule has 2 aliphatic rings. The number of nitrogens with one attached hydrogen (secondary N) is 1. The van der Waals surface area contributed by atoms with E-state index in [2.05, 4.69) is 10.2 Å². The number of rotatable bonds is 3. The Morgan fingerprint density at radius 1 is 1.18 bits per heavy atom. The fourth-order valence-electron chi connectivity index (χ4n) is 2.44. The number of nitrogens with zero attached hydrogens (tertiary/aromatic N) is 2. The summed E-state index contributed by atoms with van der Waals surface area (Å²) in [6.45, 7) is 4.55. The fraction of sp³-hybridized carbons (Fsp3) is 0.833. The van der Waals surface area contributed by atoms with Gasteiger partial charge in [-0.05, 0) is 19.3 Å². The largest absolute Gasteiger partial charge is 0.354 e. The van der Waals surface area contributed by atoms with E-state index in [0.717, 1.165) is 32.5 Å². The molecule has 2 rings (SSSR count). The molecule has 0 aromatic heterocycles. The van der Waals surface area contributed by atoms with Crippen molar-refractivity contribution in [2.24, 2.45) is 0 Å². The van der Waals surface area contributed by atoms with Crippen molar-refractivity contribution in [2.45, 2.75) is 25.7 Å². The van der Waals surface area contributed by atoms with Gasteiger partial charge in [0.2, 0.25) is 11.8 Å². The summed E-state index contributed by atoms with van der Waals surface area (Å²) in [5, 5.41) is 2.79. The van der Waals surface area contributed by atoms with Crippen LogP contribution in [-0.4, -0.2) is 60.9 Å². The van der Waals surface area contributed by atoms with Gasteiger partial charge in [0.1, 0.15) is 0 Å². The second-order valence-electron chi connectivity index (χ2n) is 4.82. The maximum absolute atomic E-state index is 11.9. The van der Waals surface area contributed by atoms with Gasteiger partial charge in [-0.25, -0.2) is 0 Å². The molecule has 0 atom stereocenters. The third kappa shape index (κ3) is 3.70. The molecule has 2 fully saturated rings. The topological polar surface area (TPSA) is 52.7 Å². The van der Waals surface area contributed by atoms with Gasteiger partial charge in [-0.2, -0.15) is 0 Å². The van der Waals surface area contributed by atoms with E-state index in [-0.39, 0.29) is 11.8 Å². The van der Waals surface area contributed by atoms with Gasteiger partial charge in [-0.1, -0.05) is 0 Å². The molecular formula is C12H21N3O2. The second kappa shape index (κ2) is 6.00. The van der Waals surface area contributed by atoms with Gasteiger partial charge in [0, 0.05) is 39.1 Å². The maximum atomic E-state index is 11.9. The zero-order valence-corrected chi connectivity index (χ0v) is 10.3. The predicted octanol–water partition coefficient (Wildman–Crippen LogP) is -0.179. The van der Waals surface area contributed by atoms with Crippen LogP contribution in [0.1, 0.15) is 25.7 Å². The average Bonchev–Trinajstić information content (AvgIpc) is 2.37. The second-order valence-corrected chi connectivity index (χ2v) is 4.82. The van der Waals surface area contributed by atoms with E-state index in [9.17, 15) is 9.59 Å². The van der Waals surface area contributed by atoms with E-state index < -0.39 is 0 Å². The van der Waals surface area contributed by atoms with Gasteiger partial charge in [-0.15, -0.1) is 0 Å². The lowest BCUT2D eigenvalue weighted by atomic mass is 10.1. The van der Waals surface area contributed by atoms with E-state index in [1.807, 2.05) is 4.90 Å². The number of hydrogen-bond acceptors (Lipinski definition) is 3. The third-order valence-corrected chi connectivity index (χ3v) is 3.47. The Bertz CT molecular complexity index is 287. The first-order valence-corrected chi connectivity index (χ1v) is 6.52. The Morgan fingerprint density at radius 2 is 1.94 bits per heavy atom. The summed E-state index contributed by atoms with van der Waals surface area (Å²) in [6, 6.07) is 0.